The van der Waals surface area contributed by atoms with Gasteiger partial charge in [-0.3, -0.25) is 4.79 Å². The molecule has 1 aliphatic heterocycles. The summed E-state index contributed by atoms with van der Waals surface area (Å²) in [5.41, 5.74) is 2.97. The molecule has 0 amide bonds. The van der Waals surface area contributed by atoms with E-state index in [1.807, 2.05) is 0 Å². The number of nitriles is 1. The van der Waals surface area contributed by atoms with Crippen LogP contribution in [0.1, 0.15) is 30.7 Å². The van der Waals surface area contributed by atoms with Crippen molar-refractivity contribution in [3.8, 4) is 6.07 Å². The average molecular weight is 356 g/mol. The number of anilines is 2. The zero-order chi connectivity index (χ0) is 18.0. The second kappa shape index (κ2) is 6.70. The lowest BCUT2D eigenvalue weighted by molar-refractivity contribution is -0.138. The predicted molar refractivity (Wildman–Crippen MR) is 92.5 cm³/mol. The molecule has 8 heteroatoms. The van der Waals surface area contributed by atoms with Crippen LogP contribution in [-0.4, -0.2) is 25.8 Å². The molecule has 3 rings (SSSR count). The van der Waals surface area contributed by atoms with Gasteiger partial charge in [-0.2, -0.15) is 5.26 Å². The third-order valence-electron chi connectivity index (χ3n) is 3.70. The van der Waals surface area contributed by atoms with Crippen LogP contribution in [0.4, 0.5) is 11.5 Å². The Morgan fingerprint density at radius 3 is 2.68 bits per heavy atom. The summed E-state index contributed by atoms with van der Waals surface area (Å²) in [6, 6.07) is 9.07. The molecule has 2 aromatic rings. The third kappa shape index (κ3) is 3.73. The number of aromatic nitrogens is 2. The molecular weight excluding hydrogens is 340 g/mol. The molecule has 1 aromatic carbocycles. The SMILES string of the molecule is CC(C)(Sc1nc2c(c(Nc3ccc(C#N)cc3)n1)COC2)C(=O)O. The summed E-state index contributed by atoms with van der Waals surface area (Å²) in [5, 5.41) is 21.8. The van der Waals surface area contributed by atoms with Crippen molar-refractivity contribution in [2.75, 3.05) is 5.32 Å². The fourth-order valence-corrected chi connectivity index (χ4v) is 3.05. The van der Waals surface area contributed by atoms with Gasteiger partial charge < -0.3 is 15.2 Å². The Bertz CT molecular complexity index is 859. The molecular formula is C17H16N4O3S. The largest absolute Gasteiger partial charge is 0.480 e. The number of thioether (sulfide) groups is 1. The van der Waals surface area contributed by atoms with Crippen LogP contribution in [0.25, 0.3) is 0 Å². The van der Waals surface area contributed by atoms with E-state index in [2.05, 4.69) is 21.4 Å². The maximum absolute atomic E-state index is 11.4. The first-order valence-corrected chi connectivity index (χ1v) is 8.38. The molecule has 0 unspecified atom stereocenters. The number of hydrogen-bond acceptors (Lipinski definition) is 7. The van der Waals surface area contributed by atoms with E-state index in [0.29, 0.717) is 29.8 Å². The lowest BCUT2D eigenvalue weighted by Gasteiger charge is -2.18. The predicted octanol–water partition coefficient (Wildman–Crippen LogP) is 3.08. The molecule has 0 bridgehead atoms. The molecule has 1 aromatic heterocycles. The van der Waals surface area contributed by atoms with Crippen molar-refractivity contribution in [2.45, 2.75) is 37.0 Å². The van der Waals surface area contributed by atoms with Gasteiger partial charge in [0.25, 0.3) is 0 Å². The number of carboxylic acid groups (broad SMARTS) is 1. The first kappa shape index (κ1) is 17.2. The van der Waals surface area contributed by atoms with E-state index < -0.39 is 10.7 Å². The Kier molecular flexibility index (Phi) is 4.61. The number of hydrogen-bond donors (Lipinski definition) is 2. The molecule has 0 saturated carbocycles. The average Bonchev–Trinajstić information content (AvgIpc) is 3.03. The molecule has 1 aliphatic rings. The first-order valence-electron chi connectivity index (χ1n) is 7.56. The highest BCUT2D eigenvalue weighted by atomic mass is 32.2. The van der Waals surface area contributed by atoms with Crippen LogP contribution in [0.5, 0.6) is 0 Å². The summed E-state index contributed by atoms with van der Waals surface area (Å²) >= 11 is 1.09. The normalized spacial score (nSPS) is 13.2. The van der Waals surface area contributed by atoms with E-state index in [0.717, 1.165) is 28.7 Å². The minimum Gasteiger partial charge on any atom is -0.480 e. The summed E-state index contributed by atoms with van der Waals surface area (Å²) in [6.45, 7) is 4.00. The molecule has 0 atom stereocenters. The van der Waals surface area contributed by atoms with Gasteiger partial charge in [0.2, 0.25) is 0 Å². The number of rotatable bonds is 5. The molecule has 0 radical (unpaired) electrons. The molecule has 25 heavy (non-hydrogen) atoms. The standard InChI is InChI=1S/C17H16N4O3S/c1-17(2,15(22)23)25-16-20-13-9-24-8-12(13)14(21-16)19-11-5-3-10(7-18)4-6-11/h3-6H,8-9H2,1-2H3,(H,22,23)(H,19,20,21). The van der Waals surface area contributed by atoms with Crippen molar-refractivity contribution in [3.05, 3.63) is 41.1 Å². The summed E-state index contributed by atoms with van der Waals surface area (Å²) in [5.74, 6) is -0.338. The summed E-state index contributed by atoms with van der Waals surface area (Å²) in [7, 11) is 0. The number of nitrogens with one attached hydrogen (secondary N) is 1. The number of nitrogens with zero attached hydrogens (tertiary/aromatic N) is 3. The van der Waals surface area contributed by atoms with E-state index in [1.165, 1.54) is 0 Å². The number of carbonyl (C=O) groups is 1. The van der Waals surface area contributed by atoms with Gasteiger partial charge in [-0.25, -0.2) is 9.97 Å². The lowest BCUT2D eigenvalue weighted by atomic mass is 10.2. The summed E-state index contributed by atoms with van der Waals surface area (Å²) in [4.78, 5) is 20.3. The number of fused-ring (bicyclic) bond motifs is 1. The highest BCUT2D eigenvalue weighted by Crippen LogP contribution is 2.34. The van der Waals surface area contributed by atoms with Gasteiger partial charge in [-0.15, -0.1) is 0 Å². The fraction of sp³-hybridized carbons (Fsp3) is 0.294. The van der Waals surface area contributed by atoms with Crippen molar-refractivity contribution in [1.82, 2.24) is 9.97 Å². The Morgan fingerprint density at radius 2 is 2.04 bits per heavy atom. The Balaban J connectivity index is 1.92. The minimum atomic E-state index is -1.04. The van der Waals surface area contributed by atoms with Gasteiger partial charge in [-0.1, -0.05) is 11.8 Å². The maximum Gasteiger partial charge on any atom is 0.319 e. The van der Waals surface area contributed by atoms with Crippen molar-refractivity contribution in [1.29, 1.82) is 5.26 Å². The molecule has 2 heterocycles. The quantitative estimate of drug-likeness (QED) is 0.621. The Morgan fingerprint density at radius 1 is 1.32 bits per heavy atom. The van der Waals surface area contributed by atoms with Gasteiger partial charge in [0.15, 0.2) is 5.16 Å². The van der Waals surface area contributed by atoms with Crippen LogP contribution in [0.15, 0.2) is 29.4 Å². The molecule has 7 nitrogen and oxygen atoms in total. The smallest absolute Gasteiger partial charge is 0.319 e. The van der Waals surface area contributed by atoms with Gasteiger partial charge in [-0.05, 0) is 38.1 Å². The van der Waals surface area contributed by atoms with Gasteiger partial charge in [0, 0.05) is 11.3 Å². The summed E-state index contributed by atoms with van der Waals surface area (Å²) < 4.78 is 4.41. The third-order valence-corrected chi connectivity index (χ3v) is 4.75. The van der Waals surface area contributed by atoms with Crippen molar-refractivity contribution in [3.63, 3.8) is 0 Å². The lowest BCUT2D eigenvalue weighted by Crippen LogP contribution is -2.27. The number of carboxylic acids is 1. The second-order valence-electron chi connectivity index (χ2n) is 6.00. The zero-order valence-electron chi connectivity index (χ0n) is 13.7. The van der Waals surface area contributed by atoms with Crippen LogP contribution in [-0.2, 0) is 22.7 Å². The highest BCUT2D eigenvalue weighted by Gasteiger charge is 2.31. The van der Waals surface area contributed by atoms with Crippen molar-refractivity contribution >= 4 is 29.2 Å². The Hall–Kier alpha value is -2.63. The van der Waals surface area contributed by atoms with Crippen LogP contribution < -0.4 is 5.32 Å². The van der Waals surface area contributed by atoms with E-state index in [1.54, 1.807) is 38.1 Å². The molecule has 0 spiro atoms. The zero-order valence-corrected chi connectivity index (χ0v) is 14.6. The van der Waals surface area contributed by atoms with E-state index in [-0.39, 0.29) is 0 Å². The van der Waals surface area contributed by atoms with Crippen LogP contribution in [0, 0.1) is 11.3 Å². The van der Waals surface area contributed by atoms with Gasteiger partial charge in [0.1, 0.15) is 10.6 Å². The fourth-order valence-electron chi connectivity index (χ4n) is 2.21. The maximum atomic E-state index is 11.4. The minimum absolute atomic E-state index is 0.376. The highest BCUT2D eigenvalue weighted by molar-refractivity contribution is 8.01. The number of benzene rings is 1. The van der Waals surface area contributed by atoms with E-state index in [4.69, 9.17) is 10.00 Å². The van der Waals surface area contributed by atoms with E-state index in [9.17, 15) is 9.90 Å². The van der Waals surface area contributed by atoms with Crippen molar-refractivity contribution in [2.24, 2.45) is 0 Å². The van der Waals surface area contributed by atoms with Crippen LogP contribution in [0.3, 0.4) is 0 Å². The van der Waals surface area contributed by atoms with Gasteiger partial charge in [0.05, 0.1) is 30.5 Å². The molecule has 0 aliphatic carbocycles. The topological polar surface area (TPSA) is 108 Å². The van der Waals surface area contributed by atoms with Crippen LogP contribution in [0.2, 0.25) is 0 Å². The monoisotopic (exact) mass is 356 g/mol. The van der Waals surface area contributed by atoms with Gasteiger partial charge >= 0.3 is 5.97 Å². The number of aliphatic carboxylic acids is 1. The first-order chi connectivity index (χ1) is 11.9. The number of ether oxygens (including phenoxy) is 1. The molecule has 128 valence electrons. The van der Waals surface area contributed by atoms with Crippen LogP contribution >= 0.6 is 11.8 Å². The molecule has 2 N–H and O–H groups in total. The molecule has 0 saturated heterocycles. The van der Waals surface area contributed by atoms with Crippen molar-refractivity contribution < 1.29 is 14.6 Å². The van der Waals surface area contributed by atoms with E-state index >= 15 is 0 Å². The summed E-state index contributed by atoms with van der Waals surface area (Å²) in [6.07, 6.45) is 0. The Labute approximate surface area is 149 Å². The second-order valence-corrected chi connectivity index (χ2v) is 7.59. The molecule has 0 fully saturated rings.